The molecule has 2 heterocycles. The Balaban J connectivity index is 1.74. The minimum absolute atomic E-state index is 0.332. The Kier molecular flexibility index (Phi) is 6.74. The number of carbonyl (C=O) groups excluding carboxylic acids is 1. The van der Waals surface area contributed by atoms with Gasteiger partial charge in [0.15, 0.2) is 0 Å². The lowest BCUT2D eigenvalue weighted by Gasteiger charge is -2.49. The Labute approximate surface area is 185 Å². The third-order valence-electron chi connectivity index (χ3n) is 5.59. The summed E-state index contributed by atoms with van der Waals surface area (Å²) in [6.45, 7) is 6.56. The number of nitrogens with zero attached hydrogens (tertiary/aromatic N) is 2. The summed E-state index contributed by atoms with van der Waals surface area (Å²) in [5.41, 5.74) is -0.923. The molecule has 1 aromatic rings. The van der Waals surface area contributed by atoms with Crippen molar-refractivity contribution in [2.75, 3.05) is 26.3 Å². The van der Waals surface area contributed by atoms with Gasteiger partial charge in [-0.1, -0.05) is 6.07 Å². The maximum atomic E-state index is 12.5. The highest BCUT2D eigenvalue weighted by Gasteiger charge is 2.48. The van der Waals surface area contributed by atoms with Gasteiger partial charge in [0.05, 0.1) is 24.4 Å². The topological polar surface area (TPSA) is 98.2 Å². The maximum Gasteiger partial charge on any atom is 0.410 e. The Morgan fingerprint density at radius 2 is 1.97 bits per heavy atom. The molecule has 1 N–H and O–H groups in total. The fourth-order valence-electron chi connectivity index (χ4n) is 4.10. The van der Waals surface area contributed by atoms with Crippen molar-refractivity contribution in [1.82, 2.24) is 9.88 Å². The first-order valence-electron chi connectivity index (χ1n) is 10.1. The second-order valence-electron chi connectivity index (χ2n) is 8.98. The molecule has 0 unspecified atom stereocenters. The van der Waals surface area contributed by atoms with Crippen LogP contribution in [0, 0.1) is 0 Å². The Hall–Kier alpha value is -1.71. The van der Waals surface area contributed by atoms with Gasteiger partial charge in [0.25, 0.3) is 0 Å². The Bertz CT molecular complexity index is 769. The minimum atomic E-state index is -1.01. The number of carbonyl (C=O) groups is 2. The van der Waals surface area contributed by atoms with Crippen molar-refractivity contribution in [3.05, 3.63) is 28.5 Å². The van der Waals surface area contributed by atoms with E-state index in [1.54, 1.807) is 11.1 Å². The molecule has 0 aromatic carbocycles. The van der Waals surface area contributed by atoms with Crippen LogP contribution in [0.2, 0.25) is 0 Å². The summed E-state index contributed by atoms with van der Waals surface area (Å²) >= 11 is 3.33. The molecular formula is C21H29BrN2O6. The average molecular weight is 485 g/mol. The van der Waals surface area contributed by atoms with Crippen LogP contribution in [0.25, 0.3) is 0 Å². The fourth-order valence-corrected chi connectivity index (χ4v) is 4.34. The number of carboxylic acid groups (broad SMARTS) is 1. The first kappa shape index (κ1) is 23.0. The summed E-state index contributed by atoms with van der Waals surface area (Å²) in [5, 5.41) is 9.15. The Morgan fingerprint density at radius 3 is 2.53 bits per heavy atom. The molecule has 0 radical (unpaired) electrons. The van der Waals surface area contributed by atoms with Crippen LogP contribution in [-0.4, -0.2) is 64.6 Å². The molecule has 1 aromatic heterocycles. The molecular weight excluding hydrogens is 456 g/mol. The standard InChI is InChI=1S/C21H29BrN2O6/c1-19(2,3)30-18(27)24-10-11-28-20(14-24)6-8-21(9-7-20,29-13-17(25)26)15-4-5-16(22)23-12-15/h4-5,12H,6-11,13-14H2,1-3H3,(H,25,26). The van der Waals surface area contributed by atoms with Crippen LogP contribution in [-0.2, 0) is 24.6 Å². The molecule has 1 aliphatic carbocycles. The highest BCUT2D eigenvalue weighted by atomic mass is 79.9. The molecule has 1 saturated heterocycles. The molecule has 8 nitrogen and oxygen atoms in total. The van der Waals surface area contributed by atoms with Gasteiger partial charge in [-0.3, -0.25) is 0 Å². The van der Waals surface area contributed by atoms with Crippen molar-refractivity contribution in [3.8, 4) is 0 Å². The molecule has 1 amide bonds. The summed E-state index contributed by atoms with van der Waals surface area (Å²) in [6, 6.07) is 3.73. The van der Waals surface area contributed by atoms with E-state index in [1.807, 2.05) is 32.9 Å². The van der Waals surface area contributed by atoms with E-state index in [9.17, 15) is 9.59 Å². The number of aromatic nitrogens is 1. The van der Waals surface area contributed by atoms with E-state index < -0.39 is 22.8 Å². The van der Waals surface area contributed by atoms with Crippen molar-refractivity contribution in [2.24, 2.45) is 0 Å². The van der Waals surface area contributed by atoms with Crippen molar-refractivity contribution in [2.45, 2.75) is 63.3 Å². The molecule has 1 aliphatic heterocycles. The number of pyridine rings is 1. The number of aliphatic carboxylic acids is 1. The van der Waals surface area contributed by atoms with Gasteiger partial charge in [-0.15, -0.1) is 0 Å². The van der Waals surface area contributed by atoms with Crippen molar-refractivity contribution < 1.29 is 28.9 Å². The lowest BCUT2D eigenvalue weighted by atomic mass is 9.72. The zero-order valence-electron chi connectivity index (χ0n) is 17.6. The van der Waals surface area contributed by atoms with Crippen LogP contribution in [0.5, 0.6) is 0 Å². The van der Waals surface area contributed by atoms with Crippen molar-refractivity contribution >= 4 is 28.0 Å². The van der Waals surface area contributed by atoms with E-state index in [2.05, 4.69) is 20.9 Å². The van der Waals surface area contributed by atoms with E-state index in [4.69, 9.17) is 19.3 Å². The lowest BCUT2D eigenvalue weighted by Crippen LogP contribution is -2.57. The first-order chi connectivity index (χ1) is 14.0. The molecule has 1 spiro atoms. The van der Waals surface area contributed by atoms with Crippen LogP contribution in [0.15, 0.2) is 22.9 Å². The van der Waals surface area contributed by atoms with E-state index in [0.29, 0.717) is 50.0 Å². The normalized spacial score (nSPS) is 27.1. The van der Waals surface area contributed by atoms with Gasteiger partial charge in [-0.05, 0) is 68.5 Å². The van der Waals surface area contributed by atoms with Crippen LogP contribution in [0.1, 0.15) is 52.0 Å². The highest BCUT2D eigenvalue weighted by molar-refractivity contribution is 9.10. The molecule has 3 rings (SSSR count). The molecule has 2 fully saturated rings. The second kappa shape index (κ2) is 8.80. The summed E-state index contributed by atoms with van der Waals surface area (Å²) in [6.07, 6.45) is 3.82. The summed E-state index contributed by atoms with van der Waals surface area (Å²) in [5.74, 6) is -1.01. The number of halogens is 1. The Morgan fingerprint density at radius 1 is 1.27 bits per heavy atom. The van der Waals surface area contributed by atoms with Gasteiger partial charge in [0, 0.05) is 18.3 Å². The quantitative estimate of drug-likeness (QED) is 0.650. The highest BCUT2D eigenvalue weighted by Crippen LogP contribution is 2.46. The average Bonchev–Trinajstić information content (AvgIpc) is 2.67. The summed E-state index contributed by atoms with van der Waals surface area (Å²) in [4.78, 5) is 29.7. The molecule has 9 heteroatoms. The number of hydrogen-bond donors (Lipinski definition) is 1. The second-order valence-corrected chi connectivity index (χ2v) is 9.79. The molecule has 0 bridgehead atoms. The predicted molar refractivity (Wildman–Crippen MR) is 112 cm³/mol. The van der Waals surface area contributed by atoms with Crippen LogP contribution < -0.4 is 0 Å². The first-order valence-corrected chi connectivity index (χ1v) is 10.9. The largest absolute Gasteiger partial charge is 0.480 e. The van der Waals surface area contributed by atoms with Gasteiger partial charge in [0.2, 0.25) is 0 Å². The lowest BCUT2D eigenvalue weighted by molar-refractivity contribution is -0.177. The van der Waals surface area contributed by atoms with Crippen LogP contribution >= 0.6 is 15.9 Å². The number of rotatable bonds is 4. The van der Waals surface area contributed by atoms with Gasteiger partial charge in [-0.2, -0.15) is 0 Å². The summed E-state index contributed by atoms with van der Waals surface area (Å²) < 4.78 is 18.3. The number of morpholine rings is 1. The third-order valence-corrected chi connectivity index (χ3v) is 6.06. The van der Waals surface area contributed by atoms with E-state index >= 15 is 0 Å². The predicted octanol–water partition coefficient (Wildman–Crippen LogP) is 3.72. The van der Waals surface area contributed by atoms with Gasteiger partial charge < -0.3 is 24.2 Å². The van der Waals surface area contributed by atoms with Crippen LogP contribution in [0.3, 0.4) is 0 Å². The monoisotopic (exact) mass is 484 g/mol. The number of hydrogen-bond acceptors (Lipinski definition) is 6. The molecule has 1 saturated carbocycles. The van der Waals surface area contributed by atoms with Gasteiger partial charge >= 0.3 is 12.1 Å². The van der Waals surface area contributed by atoms with Crippen molar-refractivity contribution in [1.29, 1.82) is 0 Å². The zero-order chi connectivity index (χ0) is 22.0. The maximum absolute atomic E-state index is 12.5. The number of amides is 1. The van der Waals surface area contributed by atoms with E-state index in [0.717, 1.165) is 5.56 Å². The smallest absolute Gasteiger partial charge is 0.410 e. The zero-order valence-corrected chi connectivity index (χ0v) is 19.2. The molecule has 0 atom stereocenters. The minimum Gasteiger partial charge on any atom is -0.480 e. The van der Waals surface area contributed by atoms with Gasteiger partial charge in [0.1, 0.15) is 16.8 Å². The number of carboxylic acids is 1. The van der Waals surface area contributed by atoms with Gasteiger partial charge in [-0.25, -0.2) is 14.6 Å². The molecule has 2 aliphatic rings. The number of ether oxygens (including phenoxy) is 3. The van der Waals surface area contributed by atoms with Crippen molar-refractivity contribution in [3.63, 3.8) is 0 Å². The SMILES string of the molecule is CC(C)(C)OC(=O)N1CCOC2(CCC(OCC(=O)O)(c3ccc(Br)nc3)CC2)C1. The van der Waals surface area contributed by atoms with E-state index in [1.165, 1.54) is 0 Å². The molecule has 30 heavy (non-hydrogen) atoms. The fraction of sp³-hybridized carbons (Fsp3) is 0.667. The summed E-state index contributed by atoms with van der Waals surface area (Å²) in [7, 11) is 0. The van der Waals surface area contributed by atoms with E-state index in [-0.39, 0.29) is 12.7 Å². The molecule has 166 valence electrons. The van der Waals surface area contributed by atoms with Crippen LogP contribution in [0.4, 0.5) is 4.79 Å². The third kappa shape index (κ3) is 5.50.